The summed E-state index contributed by atoms with van der Waals surface area (Å²) in [7, 11) is 0. The number of rotatable bonds is 3. The maximum Gasteiger partial charge on any atom is 0.490 e. The third-order valence-electron chi connectivity index (χ3n) is 5.23. The number of carbonyl (C=O) groups excluding carboxylic acids is 1. The van der Waals surface area contributed by atoms with Crippen LogP contribution in [0.15, 0.2) is 43.1 Å². The van der Waals surface area contributed by atoms with Crippen molar-refractivity contribution in [2.75, 3.05) is 31.1 Å². The van der Waals surface area contributed by atoms with Crippen molar-refractivity contribution in [3.05, 3.63) is 48.8 Å². The molecule has 1 spiro atoms. The van der Waals surface area contributed by atoms with Crippen LogP contribution in [-0.4, -0.2) is 74.9 Å². The first-order valence-corrected chi connectivity index (χ1v) is 9.80. The molecule has 0 unspecified atom stereocenters. The molecule has 0 atom stereocenters. The molecule has 0 bridgehead atoms. The van der Waals surface area contributed by atoms with Gasteiger partial charge in [-0.25, -0.2) is 14.8 Å². The SMILES string of the molecule is O=C(O)C(F)(F)F.O=C1COC2(CCN(Cc3ccccn3)CC2)CN1c1cncnc1. The number of pyridine rings is 1. The number of halogens is 3. The zero-order valence-corrected chi connectivity index (χ0v) is 17.0. The Morgan fingerprint density at radius 3 is 2.41 bits per heavy atom. The molecule has 9 nitrogen and oxygen atoms in total. The molecule has 172 valence electrons. The Bertz CT molecular complexity index is 906. The predicted molar refractivity (Wildman–Crippen MR) is 106 cm³/mol. The molecular formula is C20H22F3N5O4. The van der Waals surface area contributed by atoms with E-state index in [2.05, 4.69) is 25.9 Å². The highest BCUT2D eigenvalue weighted by Crippen LogP contribution is 2.32. The van der Waals surface area contributed by atoms with E-state index >= 15 is 0 Å². The first kappa shape index (κ1) is 23.5. The molecular weight excluding hydrogens is 431 g/mol. The van der Waals surface area contributed by atoms with Gasteiger partial charge >= 0.3 is 12.1 Å². The maximum atomic E-state index is 12.3. The number of alkyl halides is 3. The Kier molecular flexibility index (Phi) is 7.36. The predicted octanol–water partition coefficient (Wildman–Crippen LogP) is 1.90. The standard InChI is InChI=1S/C18H21N5O2.C2HF3O2/c24-17-12-25-18(13-23(17)16-9-19-14-20-10-16)4-7-22(8-5-18)11-15-3-1-2-6-21-15;3-2(4,5)1(6)7/h1-3,6,9-10,14H,4-5,7-8,11-13H2;(H,6,7). The number of aromatic nitrogens is 3. The van der Waals surface area contributed by atoms with E-state index in [-0.39, 0.29) is 18.1 Å². The minimum Gasteiger partial charge on any atom is -0.475 e. The Balaban J connectivity index is 0.000000360. The van der Waals surface area contributed by atoms with Crippen molar-refractivity contribution in [3.63, 3.8) is 0 Å². The number of hydrogen-bond acceptors (Lipinski definition) is 7. The second-order valence-electron chi connectivity index (χ2n) is 7.45. The monoisotopic (exact) mass is 453 g/mol. The molecule has 0 radical (unpaired) electrons. The van der Waals surface area contributed by atoms with Crippen LogP contribution < -0.4 is 4.90 Å². The molecule has 2 aliphatic rings. The van der Waals surface area contributed by atoms with E-state index in [9.17, 15) is 18.0 Å². The Morgan fingerprint density at radius 2 is 1.84 bits per heavy atom. The zero-order valence-electron chi connectivity index (χ0n) is 17.0. The quantitative estimate of drug-likeness (QED) is 0.751. The van der Waals surface area contributed by atoms with Crippen molar-refractivity contribution < 1.29 is 32.6 Å². The Labute approximate surface area is 181 Å². The van der Waals surface area contributed by atoms with Gasteiger partial charge < -0.3 is 14.7 Å². The van der Waals surface area contributed by atoms with Gasteiger partial charge in [-0.3, -0.25) is 14.7 Å². The number of likely N-dealkylation sites (tertiary alicyclic amines) is 1. The van der Waals surface area contributed by atoms with Crippen molar-refractivity contribution in [2.24, 2.45) is 0 Å². The summed E-state index contributed by atoms with van der Waals surface area (Å²) in [5.41, 5.74) is 1.55. The topological polar surface area (TPSA) is 109 Å². The van der Waals surface area contributed by atoms with E-state index in [0.717, 1.165) is 43.9 Å². The minimum atomic E-state index is -5.08. The van der Waals surface area contributed by atoms with Gasteiger partial charge in [-0.15, -0.1) is 0 Å². The van der Waals surface area contributed by atoms with E-state index in [0.29, 0.717) is 6.54 Å². The fraction of sp³-hybridized carbons (Fsp3) is 0.450. The summed E-state index contributed by atoms with van der Waals surface area (Å²) in [6.45, 7) is 3.41. The molecule has 1 N–H and O–H groups in total. The molecule has 1 amide bonds. The highest BCUT2D eigenvalue weighted by atomic mass is 19.4. The fourth-order valence-electron chi connectivity index (χ4n) is 3.52. The smallest absolute Gasteiger partial charge is 0.475 e. The summed E-state index contributed by atoms with van der Waals surface area (Å²) in [6.07, 6.45) is 3.38. The average Bonchev–Trinajstić information content (AvgIpc) is 2.78. The molecule has 2 aliphatic heterocycles. The lowest BCUT2D eigenvalue weighted by Gasteiger charge is -2.46. The molecule has 2 aromatic rings. The average molecular weight is 453 g/mol. The van der Waals surface area contributed by atoms with Crippen LogP contribution >= 0.6 is 0 Å². The summed E-state index contributed by atoms with van der Waals surface area (Å²) in [4.78, 5) is 37.8. The summed E-state index contributed by atoms with van der Waals surface area (Å²) in [5, 5.41) is 7.12. The second kappa shape index (κ2) is 10.0. The molecule has 0 aliphatic carbocycles. The minimum absolute atomic E-state index is 0.0312. The Hall–Kier alpha value is -3.12. The number of morpholine rings is 1. The molecule has 2 fully saturated rings. The van der Waals surface area contributed by atoms with Crippen LogP contribution in [0.3, 0.4) is 0 Å². The van der Waals surface area contributed by atoms with Crippen LogP contribution in [0, 0.1) is 0 Å². The molecule has 2 aromatic heterocycles. The molecule has 32 heavy (non-hydrogen) atoms. The van der Waals surface area contributed by atoms with Gasteiger partial charge in [-0.1, -0.05) is 6.07 Å². The molecule has 4 rings (SSSR count). The summed E-state index contributed by atoms with van der Waals surface area (Å²) >= 11 is 0. The number of ether oxygens (including phenoxy) is 1. The van der Waals surface area contributed by atoms with Gasteiger partial charge in [-0.05, 0) is 25.0 Å². The third-order valence-corrected chi connectivity index (χ3v) is 5.23. The van der Waals surface area contributed by atoms with Crippen LogP contribution in [0.1, 0.15) is 18.5 Å². The summed E-state index contributed by atoms with van der Waals surface area (Å²) in [5.74, 6) is -2.79. The van der Waals surface area contributed by atoms with Crippen molar-refractivity contribution in [3.8, 4) is 0 Å². The number of anilines is 1. The number of carboxylic acids is 1. The van der Waals surface area contributed by atoms with Crippen LogP contribution in [0.25, 0.3) is 0 Å². The van der Waals surface area contributed by atoms with Gasteiger partial charge in [0.25, 0.3) is 5.91 Å². The third kappa shape index (κ3) is 6.20. The second-order valence-corrected chi connectivity index (χ2v) is 7.45. The lowest BCUT2D eigenvalue weighted by molar-refractivity contribution is -0.192. The highest BCUT2D eigenvalue weighted by Gasteiger charge is 2.43. The number of piperidine rings is 1. The molecule has 4 heterocycles. The molecule has 0 aromatic carbocycles. The first-order chi connectivity index (χ1) is 15.2. The van der Waals surface area contributed by atoms with E-state index in [1.807, 2.05) is 18.3 Å². The molecule has 2 saturated heterocycles. The van der Waals surface area contributed by atoms with E-state index < -0.39 is 12.1 Å². The number of carbonyl (C=O) groups is 2. The number of carboxylic acid groups (broad SMARTS) is 1. The van der Waals surface area contributed by atoms with Gasteiger partial charge in [0.1, 0.15) is 12.9 Å². The van der Waals surface area contributed by atoms with Crippen molar-refractivity contribution in [2.45, 2.75) is 31.2 Å². The van der Waals surface area contributed by atoms with Crippen LogP contribution in [0.5, 0.6) is 0 Å². The molecule has 0 saturated carbocycles. The number of hydrogen-bond donors (Lipinski definition) is 1. The lowest BCUT2D eigenvalue weighted by Crippen LogP contribution is -2.59. The first-order valence-electron chi connectivity index (χ1n) is 9.80. The Morgan fingerprint density at radius 1 is 1.19 bits per heavy atom. The normalized spacial score (nSPS) is 18.7. The van der Waals surface area contributed by atoms with Crippen LogP contribution in [0.2, 0.25) is 0 Å². The van der Waals surface area contributed by atoms with Gasteiger partial charge in [0, 0.05) is 25.8 Å². The summed E-state index contributed by atoms with van der Waals surface area (Å²) < 4.78 is 37.7. The van der Waals surface area contributed by atoms with Gasteiger partial charge in [0.15, 0.2) is 0 Å². The van der Waals surface area contributed by atoms with Crippen molar-refractivity contribution >= 4 is 17.6 Å². The largest absolute Gasteiger partial charge is 0.490 e. The fourth-order valence-corrected chi connectivity index (χ4v) is 3.52. The number of aliphatic carboxylic acids is 1. The summed E-state index contributed by atoms with van der Waals surface area (Å²) in [6, 6.07) is 6.00. The number of amides is 1. The van der Waals surface area contributed by atoms with Gasteiger partial charge in [0.2, 0.25) is 0 Å². The van der Waals surface area contributed by atoms with Crippen molar-refractivity contribution in [1.82, 2.24) is 19.9 Å². The number of nitrogens with zero attached hydrogens (tertiary/aromatic N) is 5. The van der Waals surface area contributed by atoms with E-state index in [1.165, 1.54) is 6.33 Å². The van der Waals surface area contributed by atoms with E-state index in [4.69, 9.17) is 14.6 Å². The van der Waals surface area contributed by atoms with Crippen LogP contribution in [0.4, 0.5) is 18.9 Å². The van der Waals surface area contributed by atoms with Gasteiger partial charge in [0.05, 0.1) is 35.9 Å². The van der Waals surface area contributed by atoms with Gasteiger partial charge in [-0.2, -0.15) is 13.2 Å². The zero-order chi connectivity index (χ0) is 23.2. The maximum absolute atomic E-state index is 12.3. The van der Waals surface area contributed by atoms with E-state index in [1.54, 1.807) is 17.3 Å². The van der Waals surface area contributed by atoms with Crippen molar-refractivity contribution in [1.29, 1.82) is 0 Å². The highest BCUT2D eigenvalue weighted by molar-refractivity contribution is 5.94. The lowest BCUT2D eigenvalue weighted by atomic mass is 9.89. The van der Waals surface area contributed by atoms with Crippen LogP contribution in [-0.2, 0) is 20.9 Å². The molecule has 12 heteroatoms.